The predicted octanol–water partition coefficient (Wildman–Crippen LogP) is 13.5. The average molecular weight is 787 g/mol. The van der Waals surface area contributed by atoms with Crippen LogP contribution >= 0.6 is 0 Å². The Hall–Kier alpha value is -5.14. The lowest BCUT2D eigenvalue weighted by molar-refractivity contribution is -0.114. The van der Waals surface area contributed by atoms with E-state index in [1.807, 2.05) is 0 Å². The second kappa shape index (κ2) is 15.1. The number of Topliss-reactive ketones (excluding diaryl/α,β-unsaturated/α-hetero) is 2. The normalized spacial score (nSPS) is 16.1. The maximum Gasteiger partial charge on any atom is 0.190 e. The zero-order chi connectivity index (χ0) is 42.6. The molecule has 2 aromatic rings. The van der Waals surface area contributed by atoms with Gasteiger partial charge in [-0.2, -0.15) is 10.2 Å². The van der Waals surface area contributed by atoms with Crippen LogP contribution in [0.3, 0.4) is 0 Å². The average Bonchev–Trinajstić information content (AvgIpc) is 3.06. The summed E-state index contributed by atoms with van der Waals surface area (Å²) in [6, 6.07) is 0. The van der Waals surface area contributed by atoms with Gasteiger partial charge >= 0.3 is 0 Å². The quantitative estimate of drug-likeness (QED) is 0.172. The molecule has 298 valence electrons. The van der Waals surface area contributed by atoms with Crippen LogP contribution in [0.1, 0.15) is 83.1 Å². The highest BCUT2D eigenvalue weighted by molar-refractivity contribution is 6.12. The molecule has 2 aliphatic carbocycles. The first-order chi connectivity index (χ1) is 25.5. The zero-order valence-electron chi connectivity index (χ0n) is 33.1. The number of nitrogens with zero attached hydrogens (tertiary/aromatic N) is 4. The molecule has 0 amide bonds. The number of rotatable bonds is 5. The fourth-order valence-corrected chi connectivity index (χ4v) is 5.84. The molecule has 0 bridgehead atoms. The fourth-order valence-electron chi connectivity index (χ4n) is 5.84. The molecule has 2 aromatic carbocycles. The predicted molar refractivity (Wildman–Crippen MR) is 197 cm³/mol. The van der Waals surface area contributed by atoms with E-state index in [4.69, 9.17) is 0 Å². The Morgan fingerprint density at radius 1 is 0.393 bits per heavy atom. The number of hydrogen-bond acceptors (Lipinski definition) is 6. The summed E-state index contributed by atoms with van der Waals surface area (Å²) >= 11 is 0. The van der Waals surface area contributed by atoms with Gasteiger partial charge in [-0.1, -0.05) is 83.1 Å². The molecule has 0 heterocycles. The van der Waals surface area contributed by atoms with Gasteiger partial charge in [-0.15, -0.1) is 10.2 Å². The third kappa shape index (κ3) is 8.48. The molecule has 0 saturated heterocycles. The summed E-state index contributed by atoms with van der Waals surface area (Å²) < 4.78 is 122. The first kappa shape index (κ1) is 43.6. The van der Waals surface area contributed by atoms with Gasteiger partial charge in [0.15, 0.2) is 69.5 Å². The molecular weight excluding hydrogens is 744 g/mol. The van der Waals surface area contributed by atoms with E-state index >= 15 is 35.1 Å². The molecule has 0 atom stereocenters. The topological polar surface area (TPSA) is 83.6 Å². The van der Waals surface area contributed by atoms with Crippen LogP contribution in [-0.2, 0) is 9.59 Å². The molecule has 0 aliphatic heterocycles. The Bertz CT molecular complexity index is 2010. The van der Waals surface area contributed by atoms with E-state index < -0.39 is 90.7 Å². The van der Waals surface area contributed by atoms with Crippen molar-refractivity contribution in [3.8, 4) is 11.1 Å². The molecule has 14 heteroatoms. The van der Waals surface area contributed by atoms with Crippen LogP contribution < -0.4 is 0 Å². The minimum Gasteiger partial charge on any atom is -0.289 e. The van der Waals surface area contributed by atoms with E-state index in [0.717, 1.165) is 12.4 Å². The smallest absolute Gasteiger partial charge is 0.190 e. The molecule has 0 aromatic heterocycles. The standard InChI is InChI=1S/C42H42F8N4O2/c1-39(2,3)21-13-19(14-22(37(21)55)40(4,5)6)17-51-53-35-31(47)27(43)25(28(44)32(35)48)26-29(45)33(49)36(34(50)30(26)46)54-52-18-20-15-23(41(7,8)9)38(56)24(16-20)42(10,11)12/h13-18H,1-12H3. The molecule has 6 nitrogen and oxygen atoms in total. The highest BCUT2D eigenvalue weighted by atomic mass is 19.2. The van der Waals surface area contributed by atoms with E-state index in [9.17, 15) is 9.59 Å². The summed E-state index contributed by atoms with van der Waals surface area (Å²) in [6.07, 6.45) is 7.85. The third-order valence-electron chi connectivity index (χ3n) is 8.91. The molecule has 2 aliphatic rings. The van der Waals surface area contributed by atoms with Crippen molar-refractivity contribution < 1.29 is 44.7 Å². The van der Waals surface area contributed by atoms with Gasteiger partial charge < -0.3 is 0 Å². The molecule has 4 rings (SSSR count). The van der Waals surface area contributed by atoms with Crippen LogP contribution in [0.5, 0.6) is 0 Å². The Labute approximate surface area is 320 Å². The zero-order valence-corrected chi connectivity index (χ0v) is 33.1. The molecule has 0 saturated carbocycles. The van der Waals surface area contributed by atoms with Gasteiger partial charge in [0.25, 0.3) is 0 Å². The Balaban J connectivity index is 1.79. The number of halogens is 8. The monoisotopic (exact) mass is 786 g/mol. The van der Waals surface area contributed by atoms with Gasteiger partial charge in [-0.25, -0.2) is 35.1 Å². The van der Waals surface area contributed by atoms with Crippen LogP contribution in [0.4, 0.5) is 46.5 Å². The van der Waals surface area contributed by atoms with Crippen molar-refractivity contribution in [1.82, 2.24) is 0 Å². The third-order valence-corrected chi connectivity index (χ3v) is 8.91. The second-order valence-corrected chi connectivity index (χ2v) is 17.5. The first-order valence-electron chi connectivity index (χ1n) is 17.4. The summed E-state index contributed by atoms with van der Waals surface area (Å²) in [5.41, 5.74) is -7.91. The first-order valence-corrected chi connectivity index (χ1v) is 17.4. The maximum absolute atomic E-state index is 15.4. The summed E-state index contributed by atoms with van der Waals surface area (Å²) in [5, 5.41) is 13.5. The van der Waals surface area contributed by atoms with Crippen LogP contribution in [0.2, 0.25) is 0 Å². The number of azo groups is 2. The number of allylic oxidation sites excluding steroid dienone is 10. The summed E-state index contributed by atoms with van der Waals surface area (Å²) in [7, 11) is 0. The van der Waals surface area contributed by atoms with Gasteiger partial charge in [0, 0.05) is 22.3 Å². The van der Waals surface area contributed by atoms with Crippen molar-refractivity contribution in [2.45, 2.75) is 83.1 Å². The molecular formula is C42H42F8N4O2. The lowest BCUT2D eigenvalue weighted by Gasteiger charge is -2.31. The van der Waals surface area contributed by atoms with Gasteiger partial charge in [0.05, 0.1) is 23.5 Å². The SMILES string of the molecule is CC(C)(C)C1=CC(=CN=Nc2c(F)c(F)c(-c3c(F)c(F)c(N=NC=C4C=C(C(C)(C)C)C(=O)C(C(C)(C)C)=C4)c(F)c3F)c(F)c2F)C=C(C(C)(C)C)C1=O. The van der Waals surface area contributed by atoms with Crippen LogP contribution in [0.25, 0.3) is 11.1 Å². The molecule has 56 heavy (non-hydrogen) atoms. The number of carbonyl (C=O) groups excluding carboxylic acids is 2. The van der Waals surface area contributed by atoms with Gasteiger partial charge in [0.1, 0.15) is 0 Å². The van der Waals surface area contributed by atoms with E-state index in [2.05, 4.69) is 20.5 Å². The number of hydrogen-bond donors (Lipinski definition) is 0. The molecule has 0 N–H and O–H groups in total. The Morgan fingerprint density at radius 2 is 0.607 bits per heavy atom. The minimum atomic E-state index is -2.43. The van der Waals surface area contributed by atoms with Crippen molar-refractivity contribution in [1.29, 1.82) is 0 Å². The van der Waals surface area contributed by atoms with Crippen LogP contribution in [-0.4, -0.2) is 11.6 Å². The maximum atomic E-state index is 15.4. The van der Waals surface area contributed by atoms with Crippen molar-refractivity contribution in [2.24, 2.45) is 42.1 Å². The summed E-state index contributed by atoms with van der Waals surface area (Å²) in [4.78, 5) is 26.3. The van der Waals surface area contributed by atoms with Gasteiger partial charge in [0.2, 0.25) is 0 Å². The Kier molecular flexibility index (Phi) is 11.7. The van der Waals surface area contributed by atoms with E-state index in [-0.39, 0.29) is 22.7 Å². The molecule has 0 fully saturated rings. The van der Waals surface area contributed by atoms with E-state index in [0.29, 0.717) is 22.3 Å². The van der Waals surface area contributed by atoms with Crippen molar-refractivity contribution in [3.05, 3.63) is 117 Å². The largest absolute Gasteiger partial charge is 0.289 e. The molecule has 0 radical (unpaired) electrons. The van der Waals surface area contributed by atoms with Gasteiger partial charge in [-0.05, 0) is 57.1 Å². The highest BCUT2D eigenvalue weighted by Gasteiger charge is 2.37. The van der Waals surface area contributed by atoms with Gasteiger partial charge in [-0.3, -0.25) is 9.59 Å². The lowest BCUT2D eigenvalue weighted by Crippen LogP contribution is -2.27. The summed E-state index contributed by atoms with van der Waals surface area (Å²) in [5.74, 6) is -19.3. The van der Waals surface area contributed by atoms with Crippen LogP contribution in [0.15, 0.2) is 90.6 Å². The number of carbonyl (C=O) groups is 2. The van der Waals surface area contributed by atoms with Crippen molar-refractivity contribution in [3.63, 3.8) is 0 Å². The summed E-state index contributed by atoms with van der Waals surface area (Å²) in [6.45, 7) is 21.5. The molecule has 0 unspecified atom stereocenters. The van der Waals surface area contributed by atoms with Crippen molar-refractivity contribution in [2.75, 3.05) is 0 Å². The van der Waals surface area contributed by atoms with Crippen LogP contribution in [0, 0.1) is 68.2 Å². The number of ketones is 2. The van der Waals surface area contributed by atoms with Crippen molar-refractivity contribution >= 4 is 22.9 Å². The van der Waals surface area contributed by atoms with E-state index in [1.165, 1.54) is 24.3 Å². The van der Waals surface area contributed by atoms with E-state index in [1.54, 1.807) is 83.1 Å². The molecule has 0 spiro atoms. The lowest BCUT2D eigenvalue weighted by atomic mass is 9.72. The fraction of sp³-hybridized carbons (Fsp3) is 0.381. The highest BCUT2D eigenvalue weighted by Crippen LogP contribution is 2.44. The number of benzene rings is 2. The Morgan fingerprint density at radius 3 is 0.804 bits per heavy atom. The second-order valence-electron chi connectivity index (χ2n) is 17.5. The minimum absolute atomic E-state index is 0.228.